The number of rotatable bonds is 2. The molecule has 1 aliphatic carbocycles. The topological polar surface area (TPSA) is 40.6 Å². The van der Waals surface area contributed by atoms with E-state index >= 15 is 0 Å². The first kappa shape index (κ1) is 18.0. The van der Waals surface area contributed by atoms with Crippen molar-refractivity contribution in [3.63, 3.8) is 0 Å². The normalized spacial score (nSPS) is 24.4. The highest BCUT2D eigenvalue weighted by Crippen LogP contribution is 2.33. The molecule has 1 aromatic heterocycles. The molecule has 142 valence electrons. The number of carbonyl (C=O) groups is 2. The lowest BCUT2D eigenvalue weighted by Crippen LogP contribution is -2.45. The highest BCUT2D eigenvalue weighted by atomic mass is 32.1. The Labute approximate surface area is 160 Å². The zero-order valence-corrected chi connectivity index (χ0v) is 16.7. The number of likely N-dealkylation sites (tertiary alicyclic amines) is 2. The van der Waals surface area contributed by atoms with Gasteiger partial charge in [-0.1, -0.05) is 6.92 Å². The van der Waals surface area contributed by atoms with Crippen LogP contribution in [0.15, 0.2) is 6.07 Å². The molecule has 1 unspecified atom stereocenters. The van der Waals surface area contributed by atoms with Crippen LogP contribution in [0.5, 0.6) is 0 Å². The third kappa shape index (κ3) is 3.68. The minimum absolute atomic E-state index is 0.120. The van der Waals surface area contributed by atoms with E-state index in [1.807, 2.05) is 4.90 Å². The van der Waals surface area contributed by atoms with E-state index in [1.54, 1.807) is 11.3 Å². The van der Waals surface area contributed by atoms with Crippen molar-refractivity contribution in [1.29, 1.82) is 0 Å². The van der Waals surface area contributed by atoms with Crippen LogP contribution >= 0.6 is 11.3 Å². The van der Waals surface area contributed by atoms with Gasteiger partial charge in [0.15, 0.2) is 0 Å². The second kappa shape index (κ2) is 7.71. The van der Waals surface area contributed by atoms with Crippen LogP contribution in [0.2, 0.25) is 0 Å². The molecule has 2 fully saturated rings. The Kier molecular flexibility index (Phi) is 5.35. The average molecular weight is 375 g/mol. The highest BCUT2D eigenvalue weighted by molar-refractivity contribution is 7.14. The van der Waals surface area contributed by atoms with Crippen LogP contribution < -0.4 is 0 Å². The molecule has 0 radical (unpaired) electrons. The molecule has 1 aromatic rings. The van der Waals surface area contributed by atoms with Crippen LogP contribution in [-0.4, -0.2) is 47.8 Å². The number of hydrogen-bond acceptors (Lipinski definition) is 3. The predicted octanol–water partition coefficient (Wildman–Crippen LogP) is 3.74. The summed E-state index contributed by atoms with van der Waals surface area (Å²) < 4.78 is 0. The molecule has 4 nitrogen and oxygen atoms in total. The second-order valence-electron chi connectivity index (χ2n) is 8.36. The molecule has 1 atom stereocenters. The maximum atomic E-state index is 12.9. The van der Waals surface area contributed by atoms with Gasteiger partial charge >= 0.3 is 0 Å². The van der Waals surface area contributed by atoms with E-state index in [4.69, 9.17) is 0 Å². The molecule has 0 bridgehead atoms. The van der Waals surface area contributed by atoms with Crippen LogP contribution in [0.1, 0.15) is 65.6 Å². The molecular weight excluding hydrogens is 344 g/mol. The minimum atomic E-state index is 0.120. The van der Waals surface area contributed by atoms with Crippen molar-refractivity contribution in [3.05, 3.63) is 21.4 Å². The first-order valence-corrected chi connectivity index (χ1v) is 11.1. The lowest BCUT2D eigenvalue weighted by atomic mass is 9.90. The lowest BCUT2D eigenvalue weighted by molar-refractivity contribution is -0.137. The molecule has 26 heavy (non-hydrogen) atoms. The maximum absolute atomic E-state index is 12.9. The second-order valence-corrected chi connectivity index (χ2v) is 9.50. The van der Waals surface area contributed by atoms with Gasteiger partial charge in [-0.3, -0.25) is 9.59 Å². The SMILES string of the molecule is CC1CCc2sc(C(=O)N3CCC(C(=O)N4CCCCC4)CC3)cc2C1. The zero-order valence-electron chi connectivity index (χ0n) is 15.8. The smallest absolute Gasteiger partial charge is 0.263 e. The van der Waals surface area contributed by atoms with Crippen molar-refractivity contribution in [2.24, 2.45) is 11.8 Å². The van der Waals surface area contributed by atoms with Crippen molar-refractivity contribution in [1.82, 2.24) is 9.80 Å². The highest BCUT2D eigenvalue weighted by Gasteiger charge is 2.32. The standard InChI is InChI=1S/C21H30N2O2S/c1-15-5-6-18-17(13-15)14-19(26-18)21(25)23-11-7-16(8-12-23)20(24)22-9-3-2-4-10-22/h14-16H,2-13H2,1H3. The van der Waals surface area contributed by atoms with Crippen LogP contribution in [0, 0.1) is 11.8 Å². The molecule has 0 saturated carbocycles. The number of thiophene rings is 1. The van der Waals surface area contributed by atoms with Gasteiger partial charge in [0.25, 0.3) is 5.91 Å². The third-order valence-corrected chi connectivity index (χ3v) is 7.56. The van der Waals surface area contributed by atoms with Crippen molar-refractivity contribution in [2.45, 2.75) is 58.3 Å². The average Bonchev–Trinajstić information content (AvgIpc) is 3.11. The van der Waals surface area contributed by atoms with E-state index in [9.17, 15) is 9.59 Å². The Morgan fingerprint density at radius 1 is 1.00 bits per heavy atom. The van der Waals surface area contributed by atoms with Crippen LogP contribution in [0.3, 0.4) is 0 Å². The zero-order chi connectivity index (χ0) is 18.1. The van der Waals surface area contributed by atoms with Gasteiger partial charge < -0.3 is 9.80 Å². The molecule has 0 aromatic carbocycles. The molecule has 3 aliphatic rings. The van der Waals surface area contributed by atoms with E-state index in [2.05, 4.69) is 17.9 Å². The van der Waals surface area contributed by atoms with E-state index in [-0.39, 0.29) is 11.8 Å². The molecular formula is C21H30N2O2S. The molecule has 4 rings (SSSR count). The Hall–Kier alpha value is -1.36. The maximum Gasteiger partial charge on any atom is 0.263 e. The van der Waals surface area contributed by atoms with E-state index in [1.165, 1.54) is 23.3 Å². The number of aryl methyl sites for hydroxylation is 1. The molecule has 3 heterocycles. The van der Waals surface area contributed by atoms with Gasteiger partial charge in [0, 0.05) is 37.0 Å². The largest absolute Gasteiger partial charge is 0.342 e. The predicted molar refractivity (Wildman–Crippen MR) is 105 cm³/mol. The Bertz CT molecular complexity index is 670. The van der Waals surface area contributed by atoms with Gasteiger partial charge in [-0.25, -0.2) is 0 Å². The van der Waals surface area contributed by atoms with Gasteiger partial charge in [-0.05, 0) is 68.9 Å². The summed E-state index contributed by atoms with van der Waals surface area (Å²) in [5.74, 6) is 1.37. The first-order valence-electron chi connectivity index (χ1n) is 10.3. The number of nitrogens with zero attached hydrogens (tertiary/aromatic N) is 2. The van der Waals surface area contributed by atoms with Gasteiger partial charge in [-0.2, -0.15) is 0 Å². The summed E-state index contributed by atoms with van der Waals surface area (Å²) in [6.07, 6.45) is 8.67. The Morgan fingerprint density at radius 3 is 2.46 bits per heavy atom. The third-order valence-electron chi connectivity index (χ3n) is 6.34. The van der Waals surface area contributed by atoms with E-state index < -0.39 is 0 Å². The van der Waals surface area contributed by atoms with Gasteiger partial charge in [0.1, 0.15) is 0 Å². The summed E-state index contributed by atoms with van der Waals surface area (Å²) in [4.78, 5) is 32.0. The quantitative estimate of drug-likeness (QED) is 0.791. The summed E-state index contributed by atoms with van der Waals surface area (Å²) in [5, 5.41) is 0. The molecule has 5 heteroatoms. The van der Waals surface area contributed by atoms with Gasteiger partial charge in [-0.15, -0.1) is 11.3 Å². The van der Waals surface area contributed by atoms with E-state index in [0.717, 1.165) is 75.5 Å². The molecule has 2 aliphatic heterocycles. The number of carbonyl (C=O) groups excluding carboxylic acids is 2. The van der Waals surface area contributed by atoms with Gasteiger partial charge in [0.05, 0.1) is 4.88 Å². The van der Waals surface area contributed by atoms with E-state index in [0.29, 0.717) is 5.91 Å². The number of piperidine rings is 2. The summed E-state index contributed by atoms with van der Waals surface area (Å²) in [6.45, 7) is 5.60. The Morgan fingerprint density at radius 2 is 1.73 bits per heavy atom. The van der Waals surface area contributed by atoms with Gasteiger partial charge in [0.2, 0.25) is 5.91 Å². The summed E-state index contributed by atoms with van der Waals surface area (Å²) in [5.41, 5.74) is 1.40. The fourth-order valence-corrected chi connectivity index (χ4v) is 5.85. The summed E-state index contributed by atoms with van der Waals surface area (Å²) >= 11 is 1.70. The van der Waals surface area contributed by atoms with Crippen LogP contribution in [0.4, 0.5) is 0 Å². The van der Waals surface area contributed by atoms with Crippen molar-refractivity contribution >= 4 is 23.2 Å². The number of hydrogen-bond donors (Lipinski definition) is 0. The monoisotopic (exact) mass is 374 g/mol. The molecule has 2 amide bonds. The molecule has 0 N–H and O–H groups in total. The van der Waals surface area contributed by atoms with Crippen LogP contribution in [-0.2, 0) is 17.6 Å². The Balaban J connectivity index is 1.34. The fourth-order valence-electron chi connectivity index (χ4n) is 4.67. The fraction of sp³-hybridized carbons (Fsp3) is 0.714. The minimum Gasteiger partial charge on any atom is -0.342 e. The first-order chi connectivity index (χ1) is 12.6. The van der Waals surface area contributed by atoms with Crippen molar-refractivity contribution in [2.75, 3.05) is 26.2 Å². The summed E-state index contributed by atoms with van der Waals surface area (Å²) in [6, 6.07) is 2.14. The lowest BCUT2D eigenvalue weighted by Gasteiger charge is -2.35. The molecule has 0 spiro atoms. The number of fused-ring (bicyclic) bond motifs is 1. The summed E-state index contributed by atoms with van der Waals surface area (Å²) in [7, 11) is 0. The van der Waals surface area contributed by atoms with Crippen molar-refractivity contribution < 1.29 is 9.59 Å². The molecule has 2 saturated heterocycles. The van der Waals surface area contributed by atoms with Crippen LogP contribution in [0.25, 0.3) is 0 Å². The van der Waals surface area contributed by atoms with Crippen molar-refractivity contribution in [3.8, 4) is 0 Å². The number of amides is 2.